The van der Waals surface area contributed by atoms with Crippen molar-refractivity contribution in [2.75, 3.05) is 18.4 Å². The van der Waals surface area contributed by atoms with Crippen LogP contribution in [-0.2, 0) is 12.8 Å². The molecule has 1 aliphatic carbocycles. The second kappa shape index (κ2) is 8.78. The van der Waals surface area contributed by atoms with E-state index in [4.69, 9.17) is 0 Å². The van der Waals surface area contributed by atoms with Gasteiger partial charge in [0.25, 0.3) is 11.8 Å². The first kappa shape index (κ1) is 22.1. The van der Waals surface area contributed by atoms with E-state index in [1.165, 1.54) is 16.9 Å². The van der Waals surface area contributed by atoms with Gasteiger partial charge in [-0.25, -0.2) is 0 Å². The van der Waals surface area contributed by atoms with Crippen molar-refractivity contribution < 1.29 is 9.59 Å². The summed E-state index contributed by atoms with van der Waals surface area (Å²) in [5.74, 6) is 1.07. The molecule has 1 aromatic carbocycles. The Morgan fingerprint density at radius 2 is 1.87 bits per heavy atom. The Balaban J connectivity index is 1.68. The molecule has 1 aromatic heterocycles. The fraction of sp³-hybridized carbons (Fsp3) is 0.538. The van der Waals surface area contributed by atoms with Crippen LogP contribution in [0.2, 0.25) is 0 Å². The highest BCUT2D eigenvalue weighted by Crippen LogP contribution is 2.45. The van der Waals surface area contributed by atoms with Crippen LogP contribution < -0.4 is 5.32 Å². The Morgan fingerprint density at radius 1 is 1.13 bits per heavy atom. The lowest BCUT2D eigenvalue weighted by Gasteiger charge is -2.34. The summed E-state index contributed by atoms with van der Waals surface area (Å²) in [6, 6.07) is 9.26. The first-order valence-electron chi connectivity index (χ1n) is 11.5. The number of piperidine rings is 1. The highest BCUT2D eigenvalue weighted by atomic mass is 32.1. The van der Waals surface area contributed by atoms with Gasteiger partial charge in [-0.3, -0.25) is 9.59 Å². The number of fused-ring (bicyclic) bond motifs is 1. The predicted molar refractivity (Wildman–Crippen MR) is 128 cm³/mol. The molecule has 166 valence electrons. The maximum absolute atomic E-state index is 13.7. The third kappa shape index (κ3) is 4.72. The van der Waals surface area contributed by atoms with Crippen molar-refractivity contribution in [3.8, 4) is 0 Å². The number of carbonyl (C=O) groups excluding carboxylic acids is 2. The van der Waals surface area contributed by atoms with Gasteiger partial charge in [-0.05, 0) is 67.1 Å². The molecule has 4 rings (SSSR count). The molecular weight excluding hydrogens is 404 g/mol. The van der Waals surface area contributed by atoms with E-state index in [0.717, 1.165) is 49.3 Å². The zero-order valence-electron chi connectivity index (χ0n) is 19.2. The van der Waals surface area contributed by atoms with E-state index < -0.39 is 0 Å². The first-order chi connectivity index (χ1) is 14.7. The van der Waals surface area contributed by atoms with Gasteiger partial charge in [-0.15, -0.1) is 11.3 Å². The zero-order valence-corrected chi connectivity index (χ0v) is 20.0. The van der Waals surface area contributed by atoms with E-state index in [1.807, 2.05) is 35.2 Å². The highest BCUT2D eigenvalue weighted by molar-refractivity contribution is 7.17. The predicted octanol–water partition coefficient (Wildman–Crippen LogP) is 6.02. The van der Waals surface area contributed by atoms with Gasteiger partial charge in [-0.2, -0.15) is 0 Å². The average molecular weight is 439 g/mol. The van der Waals surface area contributed by atoms with Gasteiger partial charge in [0.05, 0.1) is 5.56 Å². The second-order valence-electron chi connectivity index (χ2n) is 10.3. The summed E-state index contributed by atoms with van der Waals surface area (Å²) in [6.45, 7) is 10.7. The van der Waals surface area contributed by atoms with Crippen molar-refractivity contribution in [3.63, 3.8) is 0 Å². The minimum Gasteiger partial charge on any atom is -0.338 e. The number of nitrogens with one attached hydrogen (secondary N) is 1. The topological polar surface area (TPSA) is 49.4 Å². The molecule has 5 heteroatoms. The van der Waals surface area contributed by atoms with Gasteiger partial charge in [0.2, 0.25) is 0 Å². The number of amides is 2. The summed E-state index contributed by atoms with van der Waals surface area (Å²) >= 11 is 1.62. The molecule has 0 radical (unpaired) electrons. The molecule has 0 saturated carbocycles. The number of hydrogen-bond donors (Lipinski definition) is 1. The summed E-state index contributed by atoms with van der Waals surface area (Å²) in [5.41, 5.74) is 2.79. The van der Waals surface area contributed by atoms with Crippen LogP contribution in [-0.4, -0.2) is 29.8 Å². The molecule has 2 heterocycles. The first-order valence-corrected chi connectivity index (χ1v) is 12.4. The number of anilines is 1. The Hall–Kier alpha value is -2.14. The molecule has 1 aliphatic heterocycles. The normalized spacial score (nSPS) is 21.5. The van der Waals surface area contributed by atoms with Crippen molar-refractivity contribution in [1.82, 2.24) is 4.90 Å². The number of rotatable bonds is 3. The fourth-order valence-corrected chi connectivity index (χ4v) is 6.25. The van der Waals surface area contributed by atoms with Gasteiger partial charge in [0.1, 0.15) is 5.00 Å². The third-order valence-corrected chi connectivity index (χ3v) is 8.08. The molecule has 1 fully saturated rings. The van der Waals surface area contributed by atoms with E-state index in [-0.39, 0.29) is 17.2 Å². The Labute approximate surface area is 190 Å². The zero-order chi connectivity index (χ0) is 22.2. The van der Waals surface area contributed by atoms with Crippen molar-refractivity contribution in [1.29, 1.82) is 0 Å². The lowest BCUT2D eigenvalue weighted by atomic mass is 9.72. The Bertz CT molecular complexity index is 958. The van der Waals surface area contributed by atoms with Gasteiger partial charge < -0.3 is 10.2 Å². The van der Waals surface area contributed by atoms with Gasteiger partial charge in [-0.1, -0.05) is 45.9 Å². The molecular formula is C26H34N2O2S. The summed E-state index contributed by atoms with van der Waals surface area (Å²) < 4.78 is 0. The molecule has 2 aliphatic rings. The summed E-state index contributed by atoms with van der Waals surface area (Å²) in [5, 5.41) is 3.83. The fourth-order valence-electron chi connectivity index (χ4n) is 4.94. The van der Waals surface area contributed by atoms with Crippen LogP contribution in [0.1, 0.15) is 78.1 Å². The quantitative estimate of drug-likeness (QED) is 0.637. The standard InChI is InChI=1S/C26H34N2O2S/c1-17-9-8-14-28(16-17)25(30)22-20-13-12-19(26(2,3)4)15-21(20)31-24(22)27-23(29)18-10-6-5-7-11-18/h5-7,10-11,17,19H,8-9,12-16H2,1-4H3,(H,27,29)/t17-,19-/m1/s1. The summed E-state index contributed by atoms with van der Waals surface area (Å²) in [4.78, 5) is 29.9. The van der Waals surface area contributed by atoms with Crippen molar-refractivity contribution in [2.24, 2.45) is 17.3 Å². The molecule has 0 unspecified atom stereocenters. The van der Waals surface area contributed by atoms with Gasteiger partial charge in [0.15, 0.2) is 0 Å². The van der Waals surface area contributed by atoms with E-state index in [9.17, 15) is 9.59 Å². The largest absolute Gasteiger partial charge is 0.338 e. The SMILES string of the molecule is C[C@@H]1CCCN(C(=O)c2c(NC(=O)c3ccccc3)sc3c2CC[C@@H](C(C)(C)C)C3)C1. The minimum atomic E-state index is -0.146. The van der Waals surface area contributed by atoms with E-state index in [1.54, 1.807) is 11.3 Å². The number of carbonyl (C=O) groups is 2. The van der Waals surface area contributed by atoms with Gasteiger partial charge in [0, 0.05) is 23.5 Å². The monoisotopic (exact) mass is 438 g/mol. The van der Waals surface area contributed by atoms with Crippen molar-refractivity contribution >= 4 is 28.2 Å². The molecule has 1 N–H and O–H groups in total. The lowest BCUT2D eigenvalue weighted by Crippen LogP contribution is -2.39. The summed E-state index contributed by atoms with van der Waals surface area (Å²) in [6.07, 6.45) is 5.23. The summed E-state index contributed by atoms with van der Waals surface area (Å²) in [7, 11) is 0. The minimum absolute atomic E-state index is 0.0987. The van der Waals surface area contributed by atoms with Gasteiger partial charge >= 0.3 is 0 Å². The number of hydrogen-bond acceptors (Lipinski definition) is 3. The number of likely N-dealkylation sites (tertiary alicyclic amines) is 1. The van der Waals surface area contributed by atoms with E-state index in [2.05, 4.69) is 33.0 Å². The Morgan fingerprint density at radius 3 is 2.55 bits per heavy atom. The molecule has 0 bridgehead atoms. The maximum atomic E-state index is 13.7. The molecule has 2 atom stereocenters. The van der Waals surface area contributed by atoms with Crippen LogP contribution in [0.3, 0.4) is 0 Å². The Kier molecular flexibility index (Phi) is 6.25. The van der Waals surface area contributed by atoms with Crippen LogP contribution in [0, 0.1) is 17.3 Å². The van der Waals surface area contributed by atoms with Crippen molar-refractivity contribution in [2.45, 2.75) is 59.8 Å². The lowest BCUT2D eigenvalue weighted by molar-refractivity contribution is 0.0683. The van der Waals surface area contributed by atoms with Crippen LogP contribution in [0.5, 0.6) is 0 Å². The van der Waals surface area contributed by atoms with Crippen molar-refractivity contribution in [3.05, 3.63) is 51.9 Å². The van der Waals surface area contributed by atoms with Crippen LogP contribution in [0.4, 0.5) is 5.00 Å². The number of nitrogens with zero attached hydrogens (tertiary/aromatic N) is 1. The molecule has 31 heavy (non-hydrogen) atoms. The molecule has 1 saturated heterocycles. The average Bonchev–Trinajstić information content (AvgIpc) is 3.10. The van der Waals surface area contributed by atoms with E-state index >= 15 is 0 Å². The maximum Gasteiger partial charge on any atom is 0.257 e. The highest BCUT2D eigenvalue weighted by Gasteiger charge is 2.35. The van der Waals surface area contributed by atoms with Crippen LogP contribution >= 0.6 is 11.3 Å². The van der Waals surface area contributed by atoms with Crippen LogP contribution in [0.25, 0.3) is 0 Å². The molecule has 0 spiro atoms. The number of thiophene rings is 1. The third-order valence-electron chi connectivity index (χ3n) is 6.91. The molecule has 2 amide bonds. The van der Waals surface area contributed by atoms with Crippen LogP contribution in [0.15, 0.2) is 30.3 Å². The smallest absolute Gasteiger partial charge is 0.257 e. The second-order valence-corrected chi connectivity index (χ2v) is 11.4. The number of benzene rings is 1. The van der Waals surface area contributed by atoms with E-state index in [0.29, 0.717) is 17.4 Å². The molecule has 2 aromatic rings. The molecule has 4 nitrogen and oxygen atoms in total.